The fraction of sp³-hybridized carbons (Fsp3) is 0.538. The van der Waals surface area contributed by atoms with E-state index >= 15 is 0 Å². The van der Waals surface area contributed by atoms with Gasteiger partial charge in [-0.3, -0.25) is 0 Å². The summed E-state index contributed by atoms with van der Waals surface area (Å²) in [4.78, 5) is 0.197. The second-order valence-electron chi connectivity index (χ2n) is 4.82. The van der Waals surface area contributed by atoms with E-state index in [1.165, 1.54) is 11.4 Å². The van der Waals surface area contributed by atoms with Gasteiger partial charge in [0.05, 0.1) is 7.11 Å². The number of methoxy groups -OCH3 is 1. The zero-order valence-electron chi connectivity index (χ0n) is 11.6. The summed E-state index contributed by atoms with van der Waals surface area (Å²) in [5, 5.41) is 3.23. The van der Waals surface area contributed by atoms with Crippen LogP contribution in [0, 0.1) is 0 Å². The number of likely N-dealkylation sites (N-methyl/N-ethyl adjacent to an activating group) is 1. The van der Waals surface area contributed by atoms with Gasteiger partial charge in [-0.25, -0.2) is 8.42 Å². The molecule has 1 fully saturated rings. The maximum Gasteiger partial charge on any atom is 0.246 e. The van der Waals surface area contributed by atoms with Crippen molar-refractivity contribution in [2.75, 3.05) is 27.2 Å². The number of nitrogens with one attached hydrogen (secondary N) is 1. The predicted octanol–water partition coefficient (Wildman–Crippen LogP) is 1.83. The first kappa shape index (κ1) is 15.8. The highest BCUT2D eigenvalue weighted by atomic mass is 79.9. The van der Waals surface area contributed by atoms with E-state index in [1.807, 2.05) is 0 Å². The van der Waals surface area contributed by atoms with Crippen LogP contribution in [0.5, 0.6) is 5.75 Å². The van der Waals surface area contributed by atoms with Crippen LogP contribution in [0.4, 0.5) is 0 Å². The second kappa shape index (κ2) is 6.43. The smallest absolute Gasteiger partial charge is 0.246 e. The fourth-order valence-corrected chi connectivity index (χ4v) is 4.42. The van der Waals surface area contributed by atoms with Crippen LogP contribution >= 0.6 is 15.9 Å². The van der Waals surface area contributed by atoms with E-state index in [0.717, 1.165) is 19.4 Å². The van der Waals surface area contributed by atoms with Crippen LogP contribution in [-0.2, 0) is 10.0 Å². The van der Waals surface area contributed by atoms with Crippen LogP contribution in [-0.4, -0.2) is 46.0 Å². The molecule has 0 aliphatic carbocycles. The zero-order valence-corrected chi connectivity index (χ0v) is 14.0. The minimum atomic E-state index is -3.57. The van der Waals surface area contributed by atoms with Crippen molar-refractivity contribution in [3.8, 4) is 5.75 Å². The molecule has 0 aromatic heterocycles. The summed E-state index contributed by atoms with van der Waals surface area (Å²) >= 11 is 3.31. The molecule has 5 nitrogen and oxygen atoms in total. The molecule has 1 aliphatic heterocycles. The molecule has 20 heavy (non-hydrogen) atoms. The Hall–Kier alpha value is -0.630. The Kier molecular flexibility index (Phi) is 5.06. The van der Waals surface area contributed by atoms with Crippen molar-refractivity contribution in [2.24, 2.45) is 0 Å². The van der Waals surface area contributed by atoms with Crippen molar-refractivity contribution >= 4 is 26.0 Å². The Morgan fingerprint density at radius 1 is 1.45 bits per heavy atom. The summed E-state index contributed by atoms with van der Waals surface area (Å²) in [6.45, 7) is 1.64. The quantitative estimate of drug-likeness (QED) is 0.887. The van der Waals surface area contributed by atoms with Gasteiger partial charge in [-0.1, -0.05) is 15.9 Å². The lowest BCUT2D eigenvalue weighted by Gasteiger charge is -2.31. The summed E-state index contributed by atoms with van der Waals surface area (Å²) in [6, 6.07) is 4.99. The van der Waals surface area contributed by atoms with Gasteiger partial charge in [0.15, 0.2) is 0 Å². The zero-order chi connectivity index (χ0) is 14.8. The minimum Gasteiger partial charge on any atom is -0.495 e. The molecular weight excluding hydrogens is 344 g/mol. The number of rotatable bonds is 4. The number of hydrogen-bond acceptors (Lipinski definition) is 4. The maximum atomic E-state index is 12.8. The van der Waals surface area contributed by atoms with Gasteiger partial charge in [0.1, 0.15) is 10.6 Å². The van der Waals surface area contributed by atoms with Crippen LogP contribution in [0.1, 0.15) is 12.8 Å². The molecule has 1 aromatic rings. The van der Waals surface area contributed by atoms with Crippen molar-refractivity contribution in [2.45, 2.75) is 23.8 Å². The predicted molar refractivity (Wildman–Crippen MR) is 81.5 cm³/mol. The van der Waals surface area contributed by atoms with E-state index in [2.05, 4.69) is 21.2 Å². The molecule has 0 bridgehead atoms. The summed E-state index contributed by atoms with van der Waals surface area (Å²) < 4.78 is 32.9. The molecule has 7 heteroatoms. The Labute approximate surface area is 128 Å². The lowest BCUT2D eigenvalue weighted by atomic mass is 10.1. The second-order valence-corrected chi connectivity index (χ2v) is 7.70. The van der Waals surface area contributed by atoms with E-state index in [4.69, 9.17) is 4.74 Å². The number of nitrogens with zero attached hydrogens (tertiary/aromatic N) is 1. The average molecular weight is 363 g/mol. The molecule has 1 atom stereocenters. The minimum absolute atomic E-state index is 0.0163. The molecule has 1 heterocycles. The van der Waals surface area contributed by atoms with Crippen molar-refractivity contribution in [3.05, 3.63) is 22.7 Å². The van der Waals surface area contributed by atoms with Gasteiger partial charge in [0.25, 0.3) is 0 Å². The summed E-state index contributed by atoms with van der Waals surface area (Å²) in [7, 11) is -0.457. The van der Waals surface area contributed by atoms with Crippen molar-refractivity contribution in [3.63, 3.8) is 0 Å². The summed E-state index contributed by atoms with van der Waals surface area (Å²) in [5.41, 5.74) is 0. The fourth-order valence-electron chi connectivity index (χ4n) is 2.35. The molecule has 0 spiro atoms. The first-order chi connectivity index (χ1) is 9.46. The monoisotopic (exact) mass is 362 g/mol. The Balaban J connectivity index is 2.36. The SMILES string of the molecule is COc1ccc(Br)cc1S(=O)(=O)N(C)C1CCCNC1. The third-order valence-electron chi connectivity index (χ3n) is 3.57. The van der Waals surface area contributed by atoms with Gasteiger partial charge < -0.3 is 10.1 Å². The van der Waals surface area contributed by atoms with Gasteiger partial charge >= 0.3 is 0 Å². The van der Waals surface area contributed by atoms with Gasteiger partial charge in [-0.2, -0.15) is 4.31 Å². The average Bonchev–Trinajstić information content (AvgIpc) is 2.47. The van der Waals surface area contributed by atoms with E-state index in [-0.39, 0.29) is 10.9 Å². The van der Waals surface area contributed by atoms with Crippen LogP contribution < -0.4 is 10.1 Å². The summed E-state index contributed by atoms with van der Waals surface area (Å²) in [6.07, 6.45) is 1.86. The topological polar surface area (TPSA) is 58.6 Å². The molecule has 1 saturated heterocycles. The van der Waals surface area contributed by atoms with E-state index < -0.39 is 10.0 Å². The van der Waals surface area contributed by atoms with Crippen LogP contribution in [0.15, 0.2) is 27.6 Å². The van der Waals surface area contributed by atoms with Crippen LogP contribution in [0.2, 0.25) is 0 Å². The van der Waals surface area contributed by atoms with Gasteiger partial charge in [-0.15, -0.1) is 0 Å². The molecule has 1 N–H and O–H groups in total. The number of ether oxygens (including phenoxy) is 1. The third-order valence-corrected chi connectivity index (χ3v) is 5.99. The molecule has 0 saturated carbocycles. The summed E-state index contributed by atoms with van der Waals surface area (Å²) in [5.74, 6) is 0.365. The third kappa shape index (κ3) is 3.16. The standard InChI is InChI=1S/C13H19BrN2O3S/c1-16(11-4-3-7-15-9-11)20(17,18)13-8-10(14)5-6-12(13)19-2/h5-6,8,11,15H,3-4,7,9H2,1-2H3. The van der Waals surface area contributed by atoms with E-state index in [1.54, 1.807) is 25.2 Å². The molecular formula is C13H19BrN2O3S. The molecule has 112 valence electrons. The first-order valence-electron chi connectivity index (χ1n) is 6.49. The highest BCUT2D eigenvalue weighted by molar-refractivity contribution is 9.10. The maximum absolute atomic E-state index is 12.8. The molecule has 0 radical (unpaired) electrons. The van der Waals surface area contributed by atoms with E-state index in [9.17, 15) is 8.42 Å². The number of halogens is 1. The molecule has 0 amide bonds. The largest absolute Gasteiger partial charge is 0.495 e. The molecule has 1 aliphatic rings. The molecule has 1 unspecified atom stereocenters. The number of sulfonamides is 1. The highest BCUT2D eigenvalue weighted by Gasteiger charge is 2.31. The van der Waals surface area contributed by atoms with Crippen molar-refractivity contribution in [1.29, 1.82) is 0 Å². The van der Waals surface area contributed by atoms with Crippen molar-refractivity contribution < 1.29 is 13.2 Å². The van der Waals surface area contributed by atoms with Gasteiger partial charge in [0.2, 0.25) is 10.0 Å². The first-order valence-corrected chi connectivity index (χ1v) is 8.72. The molecule has 2 rings (SSSR count). The highest BCUT2D eigenvalue weighted by Crippen LogP contribution is 2.30. The van der Waals surface area contributed by atoms with Crippen molar-refractivity contribution in [1.82, 2.24) is 9.62 Å². The van der Waals surface area contributed by atoms with Crippen LogP contribution in [0.3, 0.4) is 0 Å². The molecule has 1 aromatic carbocycles. The van der Waals surface area contributed by atoms with E-state index in [0.29, 0.717) is 16.8 Å². The van der Waals surface area contributed by atoms with Gasteiger partial charge in [0, 0.05) is 24.1 Å². The van der Waals surface area contributed by atoms with Gasteiger partial charge in [-0.05, 0) is 37.6 Å². The number of hydrogen-bond donors (Lipinski definition) is 1. The Morgan fingerprint density at radius 3 is 2.80 bits per heavy atom. The Bertz CT molecular complexity index is 571. The lowest BCUT2D eigenvalue weighted by Crippen LogP contribution is -2.46. The number of piperidine rings is 1. The Morgan fingerprint density at radius 2 is 2.20 bits per heavy atom. The lowest BCUT2D eigenvalue weighted by molar-refractivity contribution is 0.298. The number of benzene rings is 1. The van der Waals surface area contributed by atoms with Crippen LogP contribution in [0.25, 0.3) is 0 Å². The normalized spacial score (nSPS) is 20.1.